The van der Waals surface area contributed by atoms with Gasteiger partial charge >= 0.3 is 0 Å². The number of anilines is 3. The lowest BCUT2D eigenvalue weighted by Gasteiger charge is -2.39. The van der Waals surface area contributed by atoms with Crippen LogP contribution in [0.3, 0.4) is 0 Å². The molecule has 0 spiro atoms. The summed E-state index contributed by atoms with van der Waals surface area (Å²) in [6.07, 6.45) is 5.22. The highest BCUT2D eigenvalue weighted by molar-refractivity contribution is 6.04. The molecule has 1 fully saturated rings. The van der Waals surface area contributed by atoms with E-state index in [9.17, 15) is 4.79 Å². The smallest absolute Gasteiger partial charge is 0.255 e. The van der Waals surface area contributed by atoms with Crippen LogP contribution in [-0.4, -0.2) is 70.5 Å². The number of nitrogens with zero attached hydrogens (tertiary/aromatic N) is 5. The molecule has 8 nitrogen and oxygen atoms in total. The zero-order valence-corrected chi connectivity index (χ0v) is 22.2. The van der Waals surface area contributed by atoms with Gasteiger partial charge in [0.15, 0.2) is 0 Å². The summed E-state index contributed by atoms with van der Waals surface area (Å²) in [7, 11) is 4.57. The van der Waals surface area contributed by atoms with Crippen LogP contribution in [0.1, 0.15) is 21.5 Å². The highest BCUT2D eigenvalue weighted by atomic mass is 16.1. The van der Waals surface area contributed by atoms with Crippen molar-refractivity contribution in [2.45, 2.75) is 13.5 Å². The van der Waals surface area contributed by atoms with Gasteiger partial charge in [-0.2, -0.15) is 0 Å². The number of aromatic nitrogens is 3. The molecule has 3 heterocycles. The fraction of sp³-hybridized carbons (Fsp3) is 0.267. The van der Waals surface area contributed by atoms with Gasteiger partial charge in [-0.3, -0.25) is 14.7 Å². The Morgan fingerprint density at radius 1 is 1.00 bits per heavy atom. The first kappa shape index (κ1) is 25.5. The minimum Gasteiger partial charge on any atom is -0.326 e. The van der Waals surface area contributed by atoms with Gasteiger partial charge in [0, 0.05) is 60.7 Å². The fourth-order valence-corrected chi connectivity index (χ4v) is 4.48. The maximum Gasteiger partial charge on any atom is 0.255 e. The van der Waals surface area contributed by atoms with E-state index in [4.69, 9.17) is 0 Å². The molecule has 5 rings (SSSR count). The number of carbonyl (C=O) groups excluding carboxylic acids is 1. The molecule has 1 amide bonds. The summed E-state index contributed by atoms with van der Waals surface area (Å²) in [4.78, 5) is 28.6. The normalized spacial score (nSPS) is 15.1. The van der Waals surface area contributed by atoms with E-state index in [1.54, 1.807) is 18.6 Å². The number of hydrogen-bond acceptors (Lipinski definition) is 6. The molecule has 2 N–H and O–H groups in total. The Morgan fingerprint density at radius 2 is 1.79 bits per heavy atom. The Labute approximate surface area is 224 Å². The first-order valence-corrected chi connectivity index (χ1v) is 12.9. The Bertz CT molecular complexity index is 1390. The summed E-state index contributed by atoms with van der Waals surface area (Å²) in [6, 6.07) is 19.4. The molecule has 38 heavy (non-hydrogen) atoms. The van der Waals surface area contributed by atoms with Crippen LogP contribution in [-0.2, 0) is 6.54 Å². The number of benzene rings is 2. The van der Waals surface area contributed by atoms with Crippen LogP contribution in [0.5, 0.6) is 0 Å². The molecule has 0 aliphatic carbocycles. The number of aryl methyl sites for hydroxylation is 1. The second-order valence-electron chi connectivity index (χ2n) is 10.5. The molecule has 1 aliphatic heterocycles. The Balaban J connectivity index is 1.22. The molecule has 1 saturated heterocycles. The lowest BCUT2D eigenvalue weighted by atomic mass is 10.1. The summed E-state index contributed by atoms with van der Waals surface area (Å²) >= 11 is 0. The van der Waals surface area contributed by atoms with E-state index < -0.39 is 0 Å². The maximum atomic E-state index is 13.0. The Morgan fingerprint density at radius 3 is 2.53 bits per heavy atom. The van der Waals surface area contributed by atoms with Crippen molar-refractivity contribution in [2.24, 2.45) is 0 Å². The van der Waals surface area contributed by atoms with Crippen molar-refractivity contribution in [3.63, 3.8) is 0 Å². The Kier molecular flexibility index (Phi) is 7.44. The van der Waals surface area contributed by atoms with Crippen LogP contribution in [0.25, 0.3) is 11.3 Å². The number of amides is 1. The van der Waals surface area contributed by atoms with Crippen LogP contribution in [0.2, 0.25) is 0 Å². The van der Waals surface area contributed by atoms with Crippen molar-refractivity contribution in [3.8, 4) is 11.3 Å². The summed E-state index contributed by atoms with van der Waals surface area (Å²) in [6.45, 7) is 7.43. The maximum absolute atomic E-state index is 13.0. The van der Waals surface area contributed by atoms with Gasteiger partial charge in [0.2, 0.25) is 5.95 Å². The average Bonchev–Trinajstić information content (AvgIpc) is 2.93. The molecule has 1 aliphatic rings. The predicted molar refractivity (Wildman–Crippen MR) is 151 cm³/mol. The first-order valence-electron chi connectivity index (χ1n) is 12.9. The van der Waals surface area contributed by atoms with Gasteiger partial charge < -0.3 is 15.1 Å². The molecule has 2 aromatic heterocycles. The third-order valence-corrected chi connectivity index (χ3v) is 7.02. The van der Waals surface area contributed by atoms with E-state index in [1.807, 2.05) is 55.5 Å². The zero-order chi connectivity index (χ0) is 26.5. The second kappa shape index (κ2) is 11.1. The quantitative estimate of drug-likeness (QED) is 0.351. The standard InChI is InChI=1S/C30H33N7O/c1-22-6-11-26(19-28(22)35-30-32-14-12-27(34-30)25-5-4-13-31-20-25)33-29(38)24-9-7-23(8-10-24)21-36-15-17-37(2,3)18-16-36/h4-14,19-20H,15-18,21H2,1-3H3,(H-,32,33,34,35,38)/p+1. The van der Waals surface area contributed by atoms with Crippen molar-refractivity contribution < 1.29 is 9.28 Å². The first-order chi connectivity index (χ1) is 18.3. The molecular formula is C30H34N7O+. The van der Waals surface area contributed by atoms with Crippen LogP contribution < -0.4 is 10.6 Å². The second-order valence-corrected chi connectivity index (χ2v) is 10.5. The molecule has 0 radical (unpaired) electrons. The highest BCUT2D eigenvalue weighted by Gasteiger charge is 2.24. The molecule has 0 saturated carbocycles. The van der Waals surface area contributed by atoms with Crippen molar-refractivity contribution in [1.82, 2.24) is 19.9 Å². The van der Waals surface area contributed by atoms with Gasteiger partial charge in [-0.05, 0) is 60.5 Å². The van der Waals surface area contributed by atoms with Crippen LogP contribution in [0.15, 0.2) is 79.3 Å². The third-order valence-electron chi connectivity index (χ3n) is 7.02. The molecule has 0 atom stereocenters. The summed E-state index contributed by atoms with van der Waals surface area (Å²) in [5.74, 6) is 0.336. The Hall–Kier alpha value is -4.14. The molecule has 194 valence electrons. The largest absolute Gasteiger partial charge is 0.326 e. The number of rotatable bonds is 7. The van der Waals surface area contributed by atoms with E-state index in [1.165, 1.54) is 5.56 Å². The van der Waals surface area contributed by atoms with Crippen LogP contribution in [0.4, 0.5) is 17.3 Å². The van der Waals surface area contributed by atoms with Gasteiger partial charge in [0.25, 0.3) is 5.91 Å². The van der Waals surface area contributed by atoms with E-state index in [0.29, 0.717) is 17.2 Å². The lowest BCUT2D eigenvalue weighted by molar-refractivity contribution is -0.894. The van der Waals surface area contributed by atoms with Crippen molar-refractivity contribution in [2.75, 3.05) is 50.9 Å². The topological polar surface area (TPSA) is 83.0 Å². The number of piperazine rings is 1. The SMILES string of the molecule is Cc1ccc(NC(=O)c2ccc(CN3CC[N+](C)(C)CC3)cc2)cc1Nc1nccc(-c2cccnc2)n1. The van der Waals surface area contributed by atoms with Gasteiger partial charge in [-0.15, -0.1) is 0 Å². The van der Waals surface area contributed by atoms with Crippen LogP contribution in [0, 0.1) is 6.92 Å². The monoisotopic (exact) mass is 508 g/mol. The number of carbonyl (C=O) groups is 1. The van der Waals surface area contributed by atoms with Gasteiger partial charge in [-0.1, -0.05) is 18.2 Å². The number of pyridine rings is 1. The van der Waals surface area contributed by atoms with Gasteiger partial charge in [0.05, 0.1) is 32.9 Å². The summed E-state index contributed by atoms with van der Waals surface area (Å²) in [5.41, 5.74) is 6.10. The molecule has 0 bridgehead atoms. The predicted octanol–water partition coefficient (Wildman–Crippen LogP) is 4.73. The van der Waals surface area contributed by atoms with E-state index in [-0.39, 0.29) is 5.91 Å². The molecule has 8 heteroatoms. The van der Waals surface area contributed by atoms with Gasteiger partial charge in [0.1, 0.15) is 0 Å². The number of hydrogen-bond donors (Lipinski definition) is 2. The molecular weight excluding hydrogens is 474 g/mol. The van der Waals surface area contributed by atoms with E-state index in [0.717, 1.165) is 59.7 Å². The lowest BCUT2D eigenvalue weighted by Crippen LogP contribution is -2.54. The van der Waals surface area contributed by atoms with Gasteiger partial charge in [-0.25, -0.2) is 9.97 Å². The average molecular weight is 509 g/mol. The fourth-order valence-electron chi connectivity index (χ4n) is 4.48. The third kappa shape index (κ3) is 6.40. The number of nitrogens with one attached hydrogen (secondary N) is 2. The van der Waals surface area contributed by atoms with Crippen molar-refractivity contribution in [1.29, 1.82) is 0 Å². The van der Waals surface area contributed by atoms with Crippen molar-refractivity contribution >= 4 is 23.2 Å². The summed E-state index contributed by atoms with van der Waals surface area (Å²) < 4.78 is 1.08. The number of likely N-dealkylation sites (N-methyl/N-ethyl adjacent to an activating group) is 1. The van der Waals surface area contributed by atoms with Crippen molar-refractivity contribution in [3.05, 3.63) is 95.9 Å². The van der Waals surface area contributed by atoms with E-state index >= 15 is 0 Å². The minimum atomic E-state index is -0.141. The highest BCUT2D eigenvalue weighted by Crippen LogP contribution is 2.25. The summed E-state index contributed by atoms with van der Waals surface area (Å²) in [5, 5.41) is 6.31. The molecule has 4 aromatic rings. The molecule has 2 aromatic carbocycles. The van der Waals surface area contributed by atoms with Crippen LogP contribution >= 0.6 is 0 Å². The number of quaternary nitrogens is 1. The van der Waals surface area contributed by atoms with E-state index in [2.05, 4.69) is 56.7 Å². The molecule has 0 unspecified atom stereocenters. The zero-order valence-electron chi connectivity index (χ0n) is 22.2. The minimum absolute atomic E-state index is 0.141.